The summed E-state index contributed by atoms with van der Waals surface area (Å²) in [6, 6.07) is 13.4. The van der Waals surface area contributed by atoms with Crippen LogP contribution in [0.3, 0.4) is 0 Å². The van der Waals surface area contributed by atoms with Crippen molar-refractivity contribution < 1.29 is 17.9 Å². The Hall–Kier alpha value is -2.49. The number of carbonyl (C=O) groups excluding carboxylic acids is 1. The molecule has 0 aliphatic carbocycles. The fourth-order valence-corrected chi connectivity index (χ4v) is 5.13. The van der Waals surface area contributed by atoms with E-state index in [0.29, 0.717) is 48.5 Å². The van der Waals surface area contributed by atoms with Gasteiger partial charge in [0.1, 0.15) is 5.75 Å². The first-order valence-electron chi connectivity index (χ1n) is 11.1. The average molecular weight is 490 g/mol. The van der Waals surface area contributed by atoms with Gasteiger partial charge in [-0.15, -0.1) is 0 Å². The summed E-state index contributed by atoms with van der Waals surface area (Å²) in [5.74, 6) is 0.987. The van der Waals surface area contributed by atoms with Gasteiger partial charge in [-0.25, -0.2) is 8.42 Å². The maximum Gasteiger partial charge on any atom is 0.261 e. The molecule has 1 aliphatic rings. The van der Waals surface area contributed by atoms with E-state index in [-0.39, 0.29) is 15.9 Å². The highest BCUT2D eigenvalue weighted by Crippen LogP contribution is 2.24. The van der Waals surface area contributed by atoms with Crippen LogP contribution in [-0.4, -0.2) is 43.4 Å². The Balaban J connectivity index is 1.61. The van der Waals surface area contributed by atoms with Crippen molar-refractivity contribution in [2.24, 2.45) is 11.8 Å². The molecular formula is C24H31N3O4S2. The Labute approximate surface area is 201 Å². The molecule has 2 aromatic rings. The standard InChI is InChI=1S/C24H31N3O4S2/c1-17(2)16-31-22-7-5-4-6-21(22)23(28)26-24(32)25-19-8-10-20(11-9-19)33(29,30)27-14-12-18(3)13-15-27/h4-11,17-18H,12-16H2,1-3H3,(H2,25,26,28,32). The van der Waals surface area contributed by atoms with Gasteiger partial charge in [0.15, 0.2) is 5.11 Å². The maximum atomic E-state index is 12.9. The molecule has 1 fully saturated rings. The van der Waals surface area contributed by atoms with Crippen molar-refractivity contribution in [3.8, 4) is 5.75 Å². The fourth-order valence-electron chi connectivity index (χ4n) is 3.45. The van der Waals surface area contributed by atoms with Gasteiger partial charge in [0, 0.05) is 18.8 Å². The van der Waals surface area contributed by atoms with Crippen LogP contribution in [0.2, 0.25) is 0 Å². The van der Waals surface area contributed by atoms with Crippen LogP contribution in [-0.2, 0) is 10.0 Å². The van der Waals surface area contributed by atoms with E-state index >= 15 is 0 Å². The van der Waals surface area contributed by atoms with Gasteiger partial charge < -0.3 is 10.1 Å². The molecule has 0 spiro atoms. The number of nitrogens with zero attached hydrogens (tertiary/aromatic N) is 1. The molecule has 9 heteroatoms. The number of piperidine rings is 1. The Morgan fingerprint density at radius 1 is 1.12 bits per heavy atom. The smallest absolute Gasteiger partial charge is 0.261 e. The molecule has 2 N–H and O–H groups in total. The molecular weight excluding hydrogens is 458 g/mol. The van der Waals surface area contributed by atoms with E-state index in [1.165, 1.54) is 0 Å². The van der Waals surface area contributed by atoms with E-state index in [0.717, 1.165) is 12.8 Å². The fraction of sp³-hybridized carbons (Fsp3) is 0.417. The number of benzene rings is 2. The number of ether oxygens (including phenoxy) is 1. The summed E-state index contributed by atoms with van der Waals surface area (Å²) in [6.07, 6.45) is 1.75. The molecule has 3 rings (SSSR count). The van der Waals surface area contributed by atoms with Crippen molar-refractivity contribution in [3.05, 3.63) is 54.1 Å². The third-order valence-electron chi connectivity index (χ3n) is 5.42. The van der Waals surface area contributed by atoms with Crippen molar-refractivity contribution in [2.45, 2.75) is 38.5 Å². The summed E-state index contributed by atoms with van der Waals surface area (Å²) in [5, 5.41) is 5.69. The van der Waals surface area contributed by atoms with Crippen molar-refractivity contribution in [2.75, 3.05) is 25.0 Å². The van der Waals surface area contributed by atoms with E-state index in [2.05, 4.69) is 17.6 Å². The average Bonchev–Trinajstić information content (AvgIpc) is 2.78. The lowest BCUT2D eigenvalue weighted by atomic mass is 10.0. The first kappa shape index (κ1) is 25.1. The van der Waals surface area contributed by atoms with Gasteiger partial charge in [0.05, 0.1) is 17.1 Å². The summed E-state index contributed by atoms with van der Waals surface area (Å²) in [6.45, 7) is 7.79. The molecule has 1 saturated heterocycles. The topological polar surface area (TPSA) is 87.7 Å². The molecule has 0 saturated carbocycles. The number of rotatable bonds is 7. The maximum absolute atomic E-state index is 12.9. The van der Waals surface area contributed by atoms with Crippen molar-refractivity contribution >= 4 is 38.9 Å². The Kier molecular flexibility index (Phi) is 8.45. The highest BCUT2D eigenvalue weighted by atomic mass is 32.2. The second-order valence-electron chi connectivity index (χ2n) is 8.72. The van der Waals surface area contributed by atoms with Crippen LogP contribution in [0.5, 0.6) is 5.75 Å². The van der Waals surface area contributed by atoms with E-state index in [4.69, 9.17) is 17.0 Å². The van der Waals surface area contributed by atoms with Gasteiger partial charge in [0.25, 0.3) is 5.91 Å². The molecule has 33 heavy (non-hydrogen) atoms. The number of hydrogen-bond acceptors (Lipinski definition) is 5. The summed E-state index contributed by atoms with van der Waals surface area (Å²) in [4.78, 5) is 12.9. The van der Waals surface area contributed by atoms with Gasteiger partial charge in [-0.05, 0) is 73.3 Å². The molecule has 0 radical (unpaired) electrons. The van der Waals surface area contributed by atoms with E-state index in [1.54, 1.807) is 46.8 Å². The molecule has 0 aromatic heterocycles. The predicted octanol–water partition coefficient (Wildman–Crippen LogP) is 4.27. The SMILES string of the molecule is CC(C)COc1ccccc1C(=O)NC(=S)Nc1ccc(S(=O)(=O)N2CCC(C)CC2)cc1. The number of anilines is 1. The predicted molar refractivity (Wildman–Crippen MR) is 134 cm³/mol. The monoisotopic (exact) mass is 489 g/mol. The first-order valence-corrected chi connectivity index (χ1v) is 13.0. The van der Waals surface area contributed by atoms with Crippen LogP contribution in [0.15, 0.2) is 53.4 Å². The van der Waals surface area contributed by atoms with E-state index in [9.17, 15) is 13.2 Å². The molecule has 0 bridgehead atoms. The lowest BCUT2D eigenvalue weighted by Gasteiger charge is -2.29. The minimum absolute atomic E-state index is 0.110. The van der Waals surface area contributed by atoms with Gasteiger partial charge >= 0.3 is 0 Å². The summed E-state index contributed by atoms with van der Waals surface area (Å²) >= 11 is 5.27. The lowest BCUT2D eigenvalue weighted by Crippen LogP contribution is -2.37. The van der Waals surface area contributed by atoms with Crippen LogP contribution in [0.1, 0.15) is 44.0 Å². The van der Waals surface area contributed by atoms with Gasteiger partial charge in [-0.2, -0.15) is 4.31 Å². The molecule has 2 aromatic carbocycles. The zero-order valence-electron chi connectivity index (χ0n) is 19.2. The number of thiocarbonyl (C=S) groups is 1. The quantitative estimate of drug-likeness (QED) is 0.565. The largest absolute Gasteiger partial charge is 0.492 e. The minimum atomic E-state index is -3.51. The van der Waals surface area contributed by atoms with Crippen molar-refractivity contribution in [1.29, 1.82) is 0 Å². The number of nitrogens with one attached hydrogen (secondary N) is 2. The van der Waals surface area contributed by atoms with Gasteiger partial charge in [0.2, 0.25) is 10.0 Å². The Morgan fingerprint density at radius 2 is 1.76 bits per heavy atom. The second kappa shape index (κ2) is 11.1. The number of hydrogen-bond donors (Lipinski definition) is 2. The summed E-state index contributed by atoms with van der Waals surface area (Å²) in [7, 11) is -3.51. The zero-order valence-corrected chi connectivity index (χ0v) is 20.8. The van der Waals surface area contributed by atoms with Gasteiger partial charge in [-0.1, -0.05) is 32.9 Å². The van der Waals surface area contributed by atoms with Crippen LogP contribution in [0.25, 0.3) is 0 Å². The van der Waals surface area contributed by atoms with Crippen LogP contribution in [0.4, 0.5) is 5.69 Å². The van der Waals surface area contributed by atoms with Crippen LogP contribution < -0.4 is 15.4 Å². The number of amides is 1. The van der Waals surface area contributed by atoms with Crippen LogP contribution >= 0.6 is 12.2 Å². The summed E-state index contributed by atoms with van der Waals surface area (Å²) < 4.78 is 33.0. The Bertz CT molecular complexity index is 1080. The van der Waals surface area contributed by atoms with E-state index < -0.39 is 10.0 Å². The first-order chi connectivity index (χ1) is 15.7. The molecule has 0 atom stereocenters. The number of sulfonamides is 1. The zero-order chi connectivity index (χ0) is 24.0. The minimum Gasteiger partial charge on any atom is -0.492 e. The molecule has 0 unspecified atom stereocenters. The van der Waals surface area contributed by atoms with Crippen LogP contribution in [0, 0.1) is 11.8 Å². The lowest BCUT2D eigenvalue weighted by molar-refractivity contribution is 0.0973. The Morgan fingerprint density at radius 3 is 2.39 bits per heavy atom. The molecule has 1 heterocycles. The van der Waals surface area contributed by atoms with E-state index in [1.807, 2.05) is 19.9 Å². The molecule has 178 valence electrons. The summed E-state index contributed by atoms with van der Waals surface area (Å²) in [5.41, 5.74) is 0.968. The third kappa shape index (κ3) is 6.75. The highest BCUT2D eigenvalue weighted by Gasteiger charge is 2.27. The normalized spacial score (nSPS) is 15.3. The second-order valence-corrected chi connectivity index (χ2v) is 11.1. The van der Waals surface area contributed by atoms with Crippen molar-refractivity contribution in [1.82, 2.24) is 9.62 Å². The molecule has 1 aliphatic heterocycles. The number of para-hydroxylation sites is 1. The third-order valence-corrected chi connectivity index (χ3v) is 7.54. The number of carbonyl (C=O) groups is 1. The van der Waals surface area contributed by atoms with Crippen molar-refractivity contribution in [3.63, 3.8) is 0 Å². The van der Waals surface area contributed by atoms with Gasteiger partial charge in [-0.3, -0.25) is 10.1 Å². The molecule has 1 amide bonds. The highest BCUT2D eigenvalue weighted by molar-refractivity contribution is 7.89. The molecule has 7 nitrogen and oxygen atoms in total.